The lowest BCUT2D eigenvalue weighted by molar-refractivity contribution is -0.385. The number of rotatable bonds is 7. The van der Waals surface area contributed by atoms with Crippen molar-refractivity contribution in [3.63, 3.8) is 0 Å². The summed E-state index contributed by atoms with van der Waals surface area (Å²) < 4.78 is 10.2. The highest BCUT2D eigenvalue weighted by Gasteiger charge is 2.14. The van der Waals surface area contributed by atoms with Crippen molar-refractivity contribution in [3.05, 3.63) is 58.0 Å². The molecule has 0 spiro atoms. The topological polar surface area (TPSA) is 77.5 Å². The average Bonchev–Trinajstić information content (AvgIpc) is 2.96. The van der Waals surface area contributed by atoms with Crippen molar-refractivity contribution in [2.24, 2.45) is 0 Å². The molecule has 106 valence electrons. The van der Waals surface area contributed by atoms with Crippen LogP contribution in [0.4, 0.5) is 5.69 Å². The number of hydrogen-bond donors (Lipinski definition) is 1. The lowest BCUT2D eigenvalue weighted by atomic mass is 10.2. The van der Waals surface area contributed by atoms with Crippen LogP contribution in [0.2, 0.25) is 0 Å². The molecule has 0 aliphatic carbocycles. The molecular weight excluding hydrogens is 260 g/mol. The van der Waals surface area contributed by atoms with Gasteiger partial charge in [-0.25, -0.2) is 0 Å². The molecule has 0 unspecified atom stereocenters. The molecular formula is C14H16N2O4. The van der Waals surface area contributed by atoms with Gasteiger partial charge in [0.2, 0.25) is 0 Å². The summed E-state index contributed by atoms with van der Waals surface area (Å²) in [6.45, 7) is 1.30. The molecule has 2 aromatic rings. The van der Waals surface area contributed by atoms with E-state index in [0.717, 1.165) is 24.3 Å². The molecule has 0 aliphatic rings. The first-order chi connectivity index (χ1) is 9.70. The summed E-state index contributed by atoms with van der Waals surface area (Å²) in [6.07, 6.45) is 2.42. The minimum absolute atomic E-state index is 0.0159. The number of nitro groups is 1. The fourth-order valence-electron chi connectivity index (χ4n) is 1.89. The molecule has 20 heavy (non-hydrogen) atoms. The number of methoxy groups -OCH3 is 1. The van der Waals surface area contributed by atoms with Crippen LogP contribution < -0.4 is 10.1 Å². The second kappa shape index (κ2) is 6.72. The van der Waals surface area contributed by atoms with E-state index < -0.39 is 4.92 Å². The second-order valence-electron chi connectivity index (χ2n) is 4.27. The van der Waals surface area contributed by atoms with E-state index in [0.29, 0.717) is 6.54 Å². The van der Waals surface area contributed by atoms with E-state index in [1.165, 1.54) is 13.2 Å². The van der Waals surface area contributed by atoms with Crippen LogP contribution in [0.15, 0.2) is 41.0 Å². The maximum atomic E-state index is 10.9. The number of hydrogen-bond acceptors (Lipinski definition) is 5. The largest absolute Gasteiger partial charge is 0.490 e. The quantitative estimate of drug-likeness (QED) is 0.477. The summed E-state index contributed by atoms with van der Waals surface area (Å²) in [5, 5.41) is 14.1. The zero-order valence-corrected chi connectivity index (χ0v) is 11.2. The van der Waals surface area contributed by atoms with Gasteiger partial charge < -0.3 is 14.5 Å². The van der Waals surface area contributed by atoms with E-state index in [1.54, 1.807) is 12.3 Å². The highest BCUT2D eigenvalue weighted by atomic mass is 16.6. The van der Waals surface area contributed by atoms with Gasteiger partial charge in [0.05, 0.1) is 18.3 Å². The van der Waals surface area contributed by atoms with Crippen LogP contribution in [0, 0.1) is 10.1 Å². The monoisotopic (exact) mass is 276 g/mol. The molecule has 6 heteroatoms. The highest BCUT2D eigenvalue weighted by molar-refractivity contribution is 5.48. The minimum Gasteiger partial charge on any atom is -0.490 e. The Morgan fingerprint density at radius 2 is 2.25 bits per heavy atom. The van der Waals surface area contributed by atoms with Crippen LogP contribution in [0.5, 0.6) is 5.75 Å². The Morgan fingerprint density at radius 1 is 1.40 bits per heavy atom. The summed E-state index contributed by atoms with van der Waals surface area (Å²) in [5.74, 6) is 1.19. The minimum atomic E-state index is -0.439. The summed E-state index contributed by atoms with van der Waals surface area (Å²) >= 11 is 0. The Bertz CT molecular complexity index is 567. The van der Waals surface area contributed by atoms with Gasteiger partial charge in [-0.3, -0.25) is 10.1 Å². The van der Waals surface area contributed by atoms with Crippen molar-refractivity contribution in [1.82, 2.24) is 5.32 Å². The molecule has 0 amide bonds. The van der Waals surface area contributed by atoms with Crippen LogP contribution >= 0.6 is 0 Å². The van der Waals surface area contributed by atoms with E-state index in [9.17, 15) is 10.1 Å². The molecule has 1 N–H and O–H groups in total. The fourth-order valence-corrected chi connectivity index (χ4v) is 1.89. The average molecular weight is 276 g/mol. The van der Waals surface area contributed by atoms with Gasteiger partial charge in [-0.1, -0.05) is 6.07 Å². The molecule has 1 heterocycles. The molecule has 0 saturated heterocycles. The third kappa shape index (κ3) is 3.58. The van der Waals surface area contributed by atoms with Gasteiger partial charge in [0.1, 0.15) is 5.76 Å². The predicted molar refractivity (Wildman–Crippen MR) is 73.8 cm³/mol. The predicted octanol–water partition coefficient (Wildman–Crippen LogP) is 2.53. The van der Waals surface area contributed by atoms with E-state index in [2.05, 4.69) is 5.32 Å². The third-order valence-electron chi connectivity index (χ3n) is 2.90. The Labute approximate surface area is 116 Å². The van der Waals surface area contributed by atoms with Gasteiger partial charge in [0, 0.05) is 25.6 Å². The van der Waals surface area contributed by atoms with Crippen molar-refractivity contribution in [1.29, 1.82) is 0 Å². The molecule has 0 atom stereocenters. The third-order valence-corrected chi connectivity index (χ3v) is 2.90. The normalized spacial score (nSPS) is 10.4. The Morgan fingerprint density at radius 3 is 2.90 bits per heavy atom. The number of ether oxygens (including phenoxy) is 1. The Hall–Kier alpha value is -2.34. The molecule has 1 aromatic heterocycles. The van der Waals surface area contributed by atoms with Crippen molar-refractivity contribution in [2.45, 2.75) is 13.0 Å². The van der Waals surface area contributed by atoms with Crippen molar-refractivity contribution in [2.75, 3.05) is 13.7 Å². The fraction of sp³-hybridized carbons (Fsp3) is 0.286. The van der Waals surface area contributed by atoms with E-state index in [4.69, 9.17) is 9.15 Å². The van der Waals surface area contributed by atoms with Gasteiger partial charge in [-0.15, -0.1) is 0 Å². The second-order valence-corrected chi connectivity index (χ2v) is 4.27. The maximum absolute atomic E-state index is 10.9. The number of furan rings is 1. The summed E-state index contributed by atoms with van der Waals surface area (Å²) in [6, 6.07) is 8.72. The molecule has 2 rings (SSSR count). The Kier molecular flexibility index (Phi) is 4.73. The smallest absolute Gasteiger partial charge is 0.311 e. The number of benzene rings is 1. The zero-order valence-electron chi connectivity index (χ0n) is 11.2. The molecule has 0 fully saturated rings. The molecule has 0 aliphatic heterocycles. The first-order valence-corrected chi connectivity index (χ1v) is 6.25. The number of nitro benzene ring substituents is 1. The zero-order chi connectivity index (χ0) is 14.4. The van der Waals surface area contributed by atoms with Gasteiger partial charge in [0.15, 0.2) is 5.75 Å². The van der Waals surface area contributed by atoms with Crippen LogP contribution in [-0.4, -0.2) is 18.6 Å². The van der Waals surface area contributed by atoms with E-state index >= 15 is 0 Å². The SMILES string of the molecule is COc1ccc(CNCCc2ccco2)cc1[N+](=O)[O-]. The number of nitrogens with one attached hydrogen (secondary N) is 1. The van der Waals surface area contributed by atoms with Crippen molar-refractivity contribution < 1.29 is 14.1 Å². The van der Waals surface area contributed by atoms with Crippen LogP contribution in [0.1, 0.15) is 11.3 Å². The summed E-state index contributed by atoms with van der Waals surface area (Å²) in [5.41, 5.74) is 0.828. The first-order valence-electron chi connectivity index (χ1n) is 6.25. The Balaban J connectivity index is 1.89. The summed E-state index contributed by atoms with van der Waals surface area (Å²) in [4.78, 5) is 10.5. The molecule has 6 nitrogen and oxygen atoms in total. The molecule has 0 radical (unpaired) electrons. The van der Waals surface area contributed by atoms with E-state index in [1.807, 2.05) is 18.2 Å². The molecule has 1 aromatic carbocycles. The van der Waals surface area contributed by atoms with Crippen LogP contribution in [-0.2, 0) is 13.0 Å². The van der Waals surface area contributed by atoms with Gasteiger partial charge in [-0.05, 0) is 23.8 Å². The molecule has 0 bridgehead atoms. The lowest BCUT2D eigenvalue weighted by Gasteiger charge is -2.06. The molecule has 0 saturated carbocycles. The van der Waals surface area contributed by atoms with Gasteiger partial charge in [0.25, 0.3) is 0 Å². The maximum Gasteiger partial charge on any atom is 0.311 e. The van der Waals surface area contributed by atoms with Crippen LogP contribution in [0.25, 0.3) is 0 Å². The van der Waals surface area contributed by atoms with E-state index in [-0.39, 0.29) is 11.4 Å². The van der Waals surface area contributed by atoms with Gasteiger partial charge in [-0.2, -0.15) is 0 Å². The van der Waals surface area contributed by atoms with Crippen molar-refractivity contribution >= 4 is 5.69 Å². The van der Waals surface area contributed by atoms with Gasteiger partial charge >= 0.3 is 5.69 Å². The van der Waals surface area contributed by atoms with Crippen LogP contribution in [0.3, 0.4) is 0 Å². The first kappa shape index (κ1) is 14.1. The number of nitrogens with zero attached hydrogens (tertiary/aromatic N) is 1. The van der Waals surface area contributed by atoms with Crippen molar-refractivity contribution in [3.8, 4) is 5.75 Å². The standard InChI is InChI=1S/C14H16N2O4/c1-19-14-5-4-11(9-13(14)16(17)18)10-15-7-6-12-3-2-8-20-12/h2-5,8-9,15H,6-7,10H2,1H3. The summed E-state index contributed by atoms with van der Waals surface area (Å²) in [7, 11) is 1.42. The lowest BCUT2D eigenvalue weighted by Crippen LogP contribution is -2.16. The highest BCUT2D eigenvalue weighted by Crippen LogP contribution is 2.27.